The maximum atomic E-state index is 12.7. The van der Waals surface area contributed by atoms with Crippen LogP contribution in [0.25, 0.3) is 11.3 Å². The van der Waals surface area contributed by atoms with Gasteiger partial charge >= 0.3 is 0 Å². The molecule has 0 spiro atoms. The molecule has 0 fully saturated rings. The maximum Gasteiger partial charge on any atom is 0.240 e. The van der Waals surface area contributed by atoms with Crippen molar-refractivity contribution in [3.05, 3.63) is 65.3 Å². The zero-order valence-corrected chi connectivity index (χ0v) is 17.3. The minimum Gasteiger partial charge on any atom is -0.325 e. The number of aromatic nitrogens is 2. The van der Waals surface area contributed by atoms with E-state index in [0.29, 0.717) is 22.0 Å². The number of sulfone groups is 1. The number of amides is 1. The quantitative estimate of drug-likeness (QED) is 0.603. The van der Waals surface area contributed by atoms with Gasteiger partial charge in [-0.3, -0.25) is 9.59 Å². The van der Waals surface area contributed by atoms with Gasteiger partial charge < -0.3 is 9.88 Å². The lowest BCUT2D eigenvalue weighted by atomic mass is 10.1. The Labute approximate surface area is 173 Å². The maximum absolute atomic E-state index is 12.7. The van der Waals surface area contributed by atoms with Crippen LogP contribution in [0.4, 0.5) is 5.69 Å². The third-order valence-corrected chi connectivity index (χ3v) is 6.07. The lowest BCUT2D eigenvalue weighted by molar-refractivity contribution is -0.113. The van der Waals surface area contributed by atoms with Gasteiger partial charge in [0.15, 0.2) is 5.78 Å². The third-order valence-electron chi connectivity index (χ3n) is 4.24. The molecule has 0 unspecified atom stereocenters. The molecular formula is C20H18ClN3O4S. The summed E-state index contributed by atoms with van der Waals surface area (Å²) in [6, 6.07) is 13.2. The van der Waals surface area contributed by atoms with Gasteiger partial charge in [-0.05, 0) is 36.8 Å². The molecule has 1 aromatic heterocycles. The van der Waals surface area contributed by atoms with Gasteiger partial charge in [0, 0.05) is 23.3 Å². The summed E-state index contributed by atoms with van der Waals surface area (Å²) in [5.41, 5.74) is 2.09. The number of rotatable bonds is 6. The first-order valence-electron chi connectivity index (χ1n) is 8.58. The zero-order chi connectivity index (χ0) is 21.2. The fourth-order valence-corrected chi connectivity index (χ4v) is 4.22. The van der Waals surface area contributed by atoms with Gasteiger partial charge in [-0.2, -0.15) is 0 Å². The monoisotopic (exact) mass is 431 g/mol. The molecule has 2 aromatic carbocycles. The Morgan fingerprint density at radius 1 is 1.14 bits per heavy atom. The van der Waals surface area contributed by atoms with E-state index < -0.39 is 21.5 Å². The number of Topliss-reactive ketones (excluding diaryl/α,β-unsaturated/α-hetero) is 1. The second kappa shape index (κ2) is 8.18. The molecule has 0 atom stereocenters. The Balaban J connectivity index is 1.79. The van der Waals surface area contributed by atoms with E-state index in [0.717, 1.165) is 5.56 Å². The van der Waals surface area contributed by atoms with Gasteiger partial charge in [0.2, 0.25) is 20.9 Å². The zero-order valence-electron chi connectivity index (χ0n) is 15.7. The summed E-state index contributed by atoms with van der Waals surface area (Å²) in [4.78, 5) is 27.7. The van der Waals surface area contributed by atoms with Crippen LogP contribution in [0, 0.1) is 0 Å². The third kappa shape index (κ3) is 4.72. The van der Waals surface area contributed by atoms with Crippen LogP contribution in [-0.4, -0.2) is 35.4 Å². The average Bonchev–Trinajstić information content (AvgIpc) is 3.04. The summed E-state index contributed by atoms with van der Waals surface area (Å²) >= 11 is 5.89. The number of benzene rings is 2. The molecule has 0 aliphatic rings. The molecule has 0 bridgehead atoms. The topological polar surface area (TPSA) is 98.1 Å². The number of halogens is 1. The highest BCUT2D eigenvalue weighted by atomic mass is 35.5. The van der Waals surface area contributed by atoms with Crippen molar-refractivity contribution in [2.75, 3.05) is 11.1 Å². The van der Waals surface area contributed by atoms with Crippen LogP contribution in [0.3, 0.4) is 0 Å². The predicted molar refractivity (Wildman–Crippen MR) is 111 cm³/mol. The normalized spacial score (nSPS) is 11.3. The van der Waals surface area contributed by atoms with Crippen LogP contribution in [0.2, 0.25) is 5.02 Å². The summed E-state index contributed by atoms with van der Waals surface area (Å²) in [6.07, 6.45) is 1.43. The molecule has 1 N–H and O–H groups in total. The fraction of sp³-hybridized carbons (Fsp3) is 0.150. The highest BCUT2D eigenvalue weighted by Gasteiger charge is 2.25. The molecule has 7 nitrogen and oxygen atoms in total. The average molecular weight is 432 g/mol. The van der Waals surface area contributed by atoms with E-state index in [2.05, 4.69) is 10.3 Å². The van der Waals surface area contributed by atoms with Crippen LogP contribution < -0.4 is 5.32 Å². The first-order chi connectivity index (χ1) is 13.7. The molecule has 150 valence electrons. The number of hydrogen-bond acceptors (Lipinski definition) is 5. The van der Waals surface area contributed by atoms with Crippen LogP contribution >= 0.6 is 11.6 Å². The van der Waals surface area contributed by atoms with Crippen molar-refractivity contribution in [1.29, 1.82) is 0 Å². The van der Waals surface area contributed by atoms with Gasteiger partial charge in [0.25, 0.3) is 0 Å². The summed E-state index contributed by atoms with van der Waals surface area (Å²) in [5, 5.41) is 2.86. The van der Waals surface area contributed by atoms with E-state index in [1.807, 2.05) is 0 Å². The number of nitrogens with one attached hydrogen (secondary N) is 1. The Kier molecular flexibility index (Phi) is 5.86. The van der Waals surface area contributed by atoms with E-state index >= 15 is 0 Å². The number of ketones is 1. The van der Waals surface area contributed by atoms with Crippen molar-refractivity contribution in [3.8, 4) is 11.3 Å². The molecule has 1 heterocycles. The molecular weight excluding hydrogens is 414 g/mol. The van der Waals surface area contributed by atoms with Crippen molar-refractivity contribution in [2.45, 2.75) is 12.1 Å². The molecule has 3 rings (SSSR count). The first-order valence-corrected chi connectivity index (χ1v) is 10.6. The summed E-state index contributed by atoms with van der Waals surface area (Å²) < 4.78 is 26.8. The minimum atomic E-state index is -3.99. The lowest BCUT2D eigenvalue weighted by Gasteiger charge is -2.09. The van der Waals surface area contributed by atoms with Crippen LogP contribution in [0.15, 0.2) is 59.9 Å². The van der Waals surface area contributed by atoms with Gasteiger partial charge in [-0.15, -0.1) is 0 Å². The van der Waals surface area contributed by atoms with E-state index in [4.69, 9.17) is 11.6 Å². The number of nitrogens with zero attached hydrogens (tertiary/aromatic N) is 2. The molecule has 0 aliphatic carbocycles. The molecule has 0 saturated heterocycles. The Bertz CT molecular complexity index is 1180. The Morgan fingerprint density at radius 3 is 2.48 bits per heavy atom. The smallest absolute Gasteiger partial charge is 0.240 e. The Hall–Kier alpha value is -2.97. The largest absolute Gasteiger partial charge is 0.325 e. The molecule has 9 heteroatoms. The molecule has 0 saturated carbocycles. The van der Waals surface area contributed by atoms with E-state index in [1.165, 1.54) is 23.8 Å². The number of carbonyl (C=O) groups excluding carboxylic acids is 2. The lowest BCUT2D eigenvalue weighted by Crippen LogP contribution is -2.25. The van der Waals surface area contributed by atoms with Crippen molar-refractivity contribution >= 4 is 38.8 Å². The van der Waals surface area contributed by atoms with Crippen LogP contribution in [0.1, 0.15) is 17.3 Å². The van der Waals surface area contributed by atoms with E-state index in [1.54, 1.807) is 49.5 Å². The highest BCUT2D eigenvalue weighted by molar-refractivity contribution is 7.92. The standard InChI is InChI=1S/C20H18ClN3O4S/c1-13(25)15-4-3-5-17(10-15)23-19(26)12-29(27,28)20-22-11-18(24(20)2)14-6-8-16(21)9-7-14/h3-11H,12H2,1-2H3,(H,23,26). The van der Waals surface area contributed by atoms with Crippen LogP contribution in [-0.2, 0) is 21.7 Å². The number of hydrogen-bond donors (Lipinski definition) is 1. The minimum absolute atomic E-state index is 0.156. The SMILES string of the molecule is CC(=O)c1cccc(NC(=O)CS(=O)(=O)c2ncc(-c3ccc(Cl)cc3)n2C)c1. The van der Waals surface area contributed by atoms with Gasteiger partial charge in [-0.1, -0.05) is 35.9 Å². The van der Waals surface area contributed by atoms with E-state index in [-0.39, 0.29) is 10.9 Å². The van der Waals surface area contributed by atoms with E-state index in [9.17, 15) is 18.0 Å². The first kappa shape index (κ1) is 20.8. The highest BCUT2D eigenvalue weighted by Crippen LogP contribution is 2.24. The molecule has 3 aromatic rings. The Morgan fingerprint density at radius 2 is 1.83 bits per heavy atom. The van der Waals surface area contributed by atoms with Crippen LogP contribution in [0.5, 0.6) is 0 Å². The predicted octanol–water partition coefficient (Wildman–Crippen LogP) is 3.36. The number of imidazole rings is 1. The van der Waals surface area contributed by atoms with Crippen molar-refractivity contribution in [1.82, 2.24) is 9.55 Å². The van der Waals surface area contributed by atoms with Crippen molar-refractivity contribution < 1.29 is 18.0 Å². The second-order valence-corrected chi connectivity index (χ2v) is 8.76. The summed E-state index contributed by atoms with van der Waals surface area (Å²) in [5.74, 6) is -1.65. The molecule has 29 heavy (non-hydrogen) atoms. The van der Waals surface area contributed by atoms with Crippen molar-refractivity contribution in [3.63, 3.8) is 0 Å². The summed E-state index contributed by atoms with van der Waals surface area (Å²) in [7, 11) is -2.42. The molecule has 0 radical (unpaired) electrons. The second-order valence-electron chi connectivity index (χ2n) is 6.44. The number of anilines is 1. The van der Waals surface area contributed by atoms with Gasteiger partial charge in [0.05, 0.1) is 11.9 Å². The van der Waals surface area contributed by atoms with Crippen molar-refractivity contribution in [2.24, 2.45) is 7.05 Å². The molecule has 1 amide bonds. The summed E-state index contributed by atoms with van der Waals surface area (Å²) in [6.45, 7) is 1.41. The van der Waals surface area contributed by atoms with Gasteiger partial charge in [0.1, 0.15) is 5.75 Å². The molecule has 0 aliphatic heterocycles. The fourth-order valence-electron chi connectivity index (χ4n) is 2.82. The number of carbonyl (C=O) groups is 2. The van der Waals surface area contributed by atoms with Gasteiger partial charge in [-0.25, -0.2) is 13.4 Å².